The fraction of sp³-hybridized carbons (Fsp3) is 0.615. The molecule has 1 saturated heterocycles. The zero-order valence-electron chi connectivity index (χ0n) is 12.0. The number of aryl methyl sites for hydroxylation is 1. The maximum atomic E-state index is 12.0. The molecule has 0 unspecified atom stereocenters. The zero-order chi connectivity index (χ0) is 15.2. The first-order chi connectivity index (χ1) is 10.0. The van der Waals surface area contributed by atoms with E-state index in [9.17, 15) is 9.59 Å². The molecule has 8 nitrogen and oxygen atoms in total. The average Bonchev–Trinajstić information content (AvgIpc) is 2.84. The van der Waals surface area contributed by atoms with E-state index in [0.717, 1.165) is 12.8 Å². The molecule has 0 bridgehead atoms. The zero-order valence-corrected chi connectivity index (χ0v) is 12.0. The van der Waals surface area contributed by atoms with Gasteiger partial charge < -0.3 is 20.1 Å². The lowest BCUT2D eigenvalue weighted by Crippen LogP contribution is -2.43. The predicted molar refractivity (Wildman–Crippen MR) is 75.0 cm³/mol. The number of likely N-dealkylation sites (tertiary alicyclic amines) is 1. The minimum absolute atomic E-state index is 0.0156. The Labute approximate surface area is 122 Å². The Morgan fingerprint density at radius 1 is 1.48 bits per heavy atom. The first-order valence-electron chi connectivity index (χ1n) is 6.92. The summed E-state index contributed by atoms with van der Waals surface area (Å²) in [6.07, 6.45) is 4.83. The number of urea groups is 1. The van der Waals surface area contributed by atoms with Gasteiger partial charge in [0.25, 0.3) is 0 Å². The Bertz CT molecular complexity index is 494. The molecule has 1 aliphatic rings. The van der Waals surface area contributed by atoms with Crippen molar-refractivity contribution in [2.75, 3.05) is 25.0 Å². The normalized spacial score (nSPS) is 16.0. The second-order valence-corrected chi connectivity index (χ2v) is 5.03. The molecule has 1 aliphatic heterocycles. The first kappa shape index (κ1) is 15.3. The molecule has 1 aromatic heterocycles. The van der Waals surface area contributed by atoms with Gasteiger partial charge in [-0.1, -0.05) is 0 Å². The predicted octanol–water partition coefficient (Wildman–Crippen LogP) is 0.908. The number of carboxylic acids is 1. The molecule has 0 saturated carbocycles. The van der Waals surface area contributed by atoms with Crippen LogP contribution >= 0.6 is 0 Å². The van der Waals surface area contributed by atoms with Gasteiger partial charge >= 0.3 is 12.0 Å². The second kappa shape index (κ2) is 7.07. The van der Waals surface area contributed by atoms with Crippen LogP contribution in [0.25, 0.3) is 0 Å². The van der Waals surface area contributed by atoms with Gasteiger partial charge in [0, 0.05) is 26.3 Å². The van der Waals surface area contributed by atoms with Crippen LogP contribution in [0.1, 0.15) is 19.3 Å². The van der Waals surface area contributed by atoms with Gasteiger partial charge in [0.2, 0.25) is 0 Å². The number of hydrogen-bond donors (Lipinski definition) is 2. The maximum absolute atomic E-state index is 12.0. The molecule has 0 radical (unpaired) electrons. The number of hydrogen-bond acceptors (Lipinski definition) is 4. The Hall–Kier alpha value is -2.09. The van der Waals surface area contributed by atoms with E-state index in [-0.39, 0.29) is 25.2 Å². The first-order valence-corrected chi connectivity index (χ1v) is 6.92. The van der Waals surface area contributed by atoms with Gasteiger partial charge in [0.1, 0.15) is 0 Å². The number of nitrogens with one attached hydrogen (secondary N) is 1. The topological polar surface area (TPSA) is 96.7 Å². The molecule has 2 heterocycles. The standard InChI is InChI=1S/C13H20N4O4/c1-16-9-10(8-14-16)15-13(20)17-5-2-11(3-6-17)21-7-4-12(18)19/h8-9,11H,2-7H2,1H3,(H,15,20)(H,18,19). The highest BCUT2D eigenvalue weighted by Crippen LogP contribution is 2.15. The van der Waals surface area contributed by atoms with Crippen molar-refractivity contribution in [3.63, 3.8) is 0 Å². The molecule has 116 valence electrons. The van der Waals surface area contributed by atoms with Crippen LogP contribution in [0.4, 0.5) is 10.5 Å². The smallest absolute Gasteiger partial charge is 0.321 e. The third-order valence-electron chi connectivity index (χ3n) is 3.35. The molecule has 0 spiro atoms. The van der Waals surface area contributed by atoms with Crippen molar-refractivity contribution < 1.29 is 19.4 Å². The number of piperidine rings is 1. The summed E-state index contributed by atoms with van der Waals surface area (Å²) in [5.41, 5.74) is 0.669. The number of ether oxygens (including phenoxy) is 1. The fourth-order valence-electron chi connectivity index (χ4n) is 2.23. The maximum Gasteiger partial charge on any atom is 0.321 e. The second-order valence-electron chi connectivity index (χ2n) is 5.03. The summed E-state index contributed by atoms with van der Waals surface area (Å²) in [4.78, 5) is 24.2. The number of carbonyl (C=O) groups excluding carboxylic acids is 1. The van der Waals surface area contributed by atoms with Gasteiger partial charge in [-0.3, -0.25) is 9.48 Å². The minimum atomic E-state index is -0.858. The molecule has 8 heteroatoms. The van der Waals surface area contributed by atoms with Crippen molar-refractivity contribution in [3.8, 4) is 0 Å². The Kier molecular flexibility index (Phi) is 5.15. The Morgan fingerprint density at radius 3 is 2.76 bits per heavy atom. The monoisotopic (exact) mass is 296 g/mol. The number of aliphatic carboxylic acids is 1. The summed E-state index contributed by atoms with van der Waals surface area (Å²) in [6, 6.07) is -0.146. The molecule has 2 amide bonds. The molecule has 2 rings (SSSR count). The average molecular weight is 296 g/mol. The highest BCUT2D eigenvalue weighted by atomic mass is 16.5. The van der Waals surface area contributed by atoms with E-state index in [2.05, 4.69) is 10.4 Å². The summed E-state index contributed by atoms with van der Waals surface area (Å²) in [5, 5.41) is 15.3. The van der Waals surface area contributed by atoms with Crippen LogP contribution in [-0.4, -0.2) is 57.6 Å². The number of carboxylic acid groups (broad SMARTS) is 1. The summed E-state index contributed by atoms with van der Waals surface area (Å²) in [7, 11) is 1.79. The van der Waals surface area contributed by atoms with E-state index in [0.29, 0.717) is 18.8 Å². The Balaban J connectivity index is 1.70. The Morgan fingerprint density at radius 2 is 2.19 bits per heavy atom. The highest BCUT2D eigenvalue weighted by molar-refractivity contribution is 5.89. The molecule has 2 N–H and O–H groups in total. The van der Waals surface area contributed by atoms with E-state index in [1.165, 1.54) is 0 Å². The molecule has 0 aliphatic carbocycles. The van der Waals surface area contributed by atoms with Crippen molar-refractivity contribution in [1.82, 2.24) is 14.7 Å². The van der Waals surface area contributed by atoms with Crippen LogP contribution in [-0.2, 0) is 16.6 Å². The molecular formula is C13H20N4O4. The molecule has 21 heavy (non-hydrogen) atoms. The third kappa shape index (κ3) is 4.75. The van der Waals surface area contributed by atoms with Gasteiger partial charge in [0.15, 0.2) is 0 Å². The lowest BCUT2D eigenvalue weighted by molar-refractivity contribution is -0.138. The lowest BCUT2D eigenvalue weighted by atomic mass is 10.1. The largest absolute Gasteiger partial charge is 0.481 e. The third-order valence-corrected chi connectivity index (χ3v) is 3.35. The summed E-state index contributed by atoms with van der Waals surface area (Å²) in [6.45, 7) is 1.43. The summed E-state index contributed by atoms with van der Waals surface area (Å²) in [5.74, 6) is -0.858. The molecule has 0 atom stereocenters. The lowest BCUT2D eigenvalue weighted by Gasteiger charge is -2.31. The van der Waals surface area contributed by atoms with Gasteiger partial charge in [0.05, 0.1) is 31.0 Å². The van der Waals surface area contributed by atoms with Crippen LogP contribution in [0.2, 0.25) is 0 Å². The van der Waals surface area contributed by atoms with Crippen LogP contribution in [0.3, 0.4) is 0 Å². The number of nitrogens with zero attached hydrogens (tertiary/aromatic N) is 3. The van der Waals surface area contributed by atoms with Crippen molar-refractivity contribution in [2.24, 2.45) is 7.05 Å². The number of anilines is 1. The molecular weight excluding hydrogens is 276 g/mol. The van der Waals surface area contributed by atoms with Gasteiger partial charge in [-0.25, -0.2) is 4.79 Å². The minimum Gasteiger partial charge on any atom is -0.481 e. The quantitative estimate of drug-likeness (QED) is 0.841. The van der Waals surface area contributed by atoms with Crippen LogP contribution in [0, 0.1) is 0 Å². The number of amides is 2. The van der Waals surface area contributed by atoms with E-state index >= 15 is 0 Å². The molecule has 1 aromatic rings. The van der Waals surface area contributed by atoms with Crippen molar-refractivity contribution in [1.29, 1.82) is 0 Å². The van der Waals surface area contributed by atoms with Crippen molar-refractivity contribution in [2.45, 2.75) is 25.4 Å². The van der Waals surface area contributed by atoms with Crippen LogP contribution in [0.15, 0.2) is 12.4 Å². The van der Waals surface area contributed by atoms with Crippen LogP contribution < -0.4 is 5.32 Å². The van der Waals surface area contributed by atoms with E-state index in [1.54, 1.807) is 29.0 Å². The molecule has 1 fully saturated rings. The number of aromatic nitrogens is 2. The van der Waals surface area contributed by atoms with Gasteiger partial charge in [-0.2, -0.15) is 5.10 Å². The highest BCUT2D eigenvalue weighted by Gasteiger charge is 2.23. The SMILES string of the molecule is Cn1cc(NC(=O)N2CCC(OCCC(=O)O)CC2)cn1. The summed E-state index contributed by atoms with van der Waals surface area (Å²) >= 11 is 0. The van der Waals surface area contributed by atoms with E-state index < -0.39 is 5.97 Å². The van der Waals surface area contributed by atoms with Gasteiger partial charge in [-0.05, 0) is 12.8 Å². The van der Waals surface area contributed by atoms with Crippen molar-refractivity contribution >= 4 is 17.7 Å². The van der Waals surface area contributed by atoms with Crippen molar-refractivity contribution in [3.05, 3.63) is 12.4 Å². The summed E-state index contributed by atoms with van der Waals surface area (Å²) < 4.78 is 7.11. The van der Waals surface area contributed by atoms with Crippen LogP contribution in [0.5, 0.6) is 0 Å². The number of rotatable bonds is 5. The van der Waals surface area contributed by atoms with E-state index in [1.807, 2.05) is 0 Å². The number of carbonyl (C=O) groups is 2. The van der Waals surface area contributed by atoms with Gasteiger partial charge in [-0.15, -0.1) is 0 Å². The molecule has 0 aromatic carbocycles. The fourth-order valence-corrected chi connectivity index (χ4v) is 2.23. The van der Waals surface area contributed by atoms with E-state index in [4.69, 9.17) is 9.84 Å².